The van der Waals surface area contributed by atoms with E-state index in [0.717, 1.165) is 10.2 Å². The van der Waals surface area contributed by atoms with Crippen molar-refractivity contribution in [1.29, 1.82) is 0 Å². The summed E-state index contributed by atoms with van der Waals surface area (Å²) in [4.78, 5) is 14.2. The van der Waals surface area contributed by atoms with E-state index in [-0.39, 0.29) is 11.1 Å². The quantitative estimate of drug-likeness (QED) is 0.793. The van der Waals surface area contributed by atoms with Crippen LogP contribution in [0.15, 0.2) is 29.1 Å². The fourth-order valence-corrected chi connectivity index (χ4v) is 3.63. The summed E-state index contributed by atoms with van der Waals surface area (Å²) in [5.41, 5.74) is 0.904. The van der Waals surface area contributed by atoms with Crippen molar-refractivity contribution in [3.05, 3.63) is 33.9 Å². The highest BCUT2D eigenvalue weighted by molar-refractivity contribution is 7.80. The Hall–Kier alpha value is -1.44. The Labute approximate surface area is 131 Å². The molecule has 0 saturated carbocycles. The molecule has 0 radical (unpaired) electrons. The van der Waals surface area contributed by atoms with Crippen LogP contribution in [0.4, 0.5) is 0 Å². The van der Waals surface area contributed by atoms with Crippen molar-refractivity contribution in [2.24, 2.45) is 0 Å². The van der Waals surface area contributed by atoms with Crippen LogP contribution in [0.25, 0.3) is 10.2 Å². The number of morpholine rings is 1. The monoisotopic (exact) mass is 324 g/mol. The van der Waals surface area contributed by atoms with E-state index in [1.807, 2.05) is 36.1 Å². The van der Waals surface area contributed by atoms with E-state index in [1.165, 1.54) is 11.3 Å². The lowest BCUT2D eigenvalue weighted by atomic mass is 10.3. The third kappa shape index (κ3) is 2.81. The fourth-order valence-electron chi connectivity index (χ4n) is 2.43. The van der Waals surface area contributed by atoms with Crippen molar-refractivity contribution in [2.45, 2.75) is 13.2 Å². The molecule has 0 amide bonds. The first-order valence-electron chi connectivity index (χ1n) is 6.84. The van der Waals surface area contributed by atoms with Crippen molar-refractivity contribution in [1.82, 2.24) is 9.47 Å². The zero-order valence-corrected chi connectivity index (χ0v) is 13.3. The zero-order valence-electron chi connectivity index (χ0n) is 11.7. The minimum atomic E-state index is -0.333. The third-order valence-electron chi connectivity index (χ3n) is 3.38. The predicted octanol–water partition coefficient (Wildman–Crippen LogP) is 2.22. The van der Waals surface area contributed by atoms with E-state index in [2.05, 4.69) is 0 Å². The number of thiazole rings is 1. The smallest absolute Gasteiger partial charge is 0.310 e. The number of hydrogen-bond donors (Lipinski definition) is 0. The molecule has 1 aliphatic rings. The molecule has 2 aromatic rings. The zero-order chi connectivity index (χ0) is 14.8. The van der Waals surface area contributed by atoms with E-state index in [4.69, 9.17) is 21.7 Å². The Morgan fingerprint density at radius 3 is 3.14 bits per heavy atom. The number of hydrogen-bond acceptors (Lipinski definition) is 5. The first-order valence-corrected chi connectivity index (χ1v) is 8.06. The molecule has 0 aliphatic carbocycles. The minimum absolute atomic E-state index is 0.00891. The van der Waals surface area contributed by atoms with Gasteiger partial charge in [0.2, 0.25) is 0 Å². The second-order valence-corrected chi connectivity index (χ2v) is 6.02. The van der Waals surface area contributed by atoms with Gasteiger partial charge in [-0.1, -0.05) is 23.5 Å². The van der Waals surface area contributed by atoms with Gasteiger partial charge in [0.25, 0.3) is 5.17 Å². The van der Waals surface area contributed by atoms with E-state index in [0.29, 0.717) is 31.5 Å². The molecule has 1 aromatic carbocycles. The van der Waals surface area contributed by atoms with Crippen LogP contribution in [0.3, 0.4) is 0 Å². The maximum atomic E-state index is 12.3. The molecule has 0 spiro atoms. The van der Waals surface area contributed by atoms with Gasteiger partial charge in [-0.05, 0) is 31.3 Å². The summed E-state index contributed by atoms with van der Waals surface area (Å²) in [7, 11) is 0. The first kappa shape index (κ1) is 14.5. The van der Waals surface area contributed by atoms with Gasteiger partial charge >= 0.3 is 4.87 Å². The number of benzene rings is 1. The maximum Gasteiger partial charge on any atom is 0.310 e. The second kappa shape index (κ2) is 6.13. The molecule has 1 saturated heterocycles. The lowest BCUT2D eigenvalue weighted by molar-refractivity contribution is -0.0527. The van der Waals surface area contributed by atoms with Crippen LogP contribution in [-0.4, -0.2) is 40.9 Å². The summed E-state index contributed by atoms with van der Waals surface area (Å²) in [5, 5.41) is 0.471. The molecular weight excluding hydrogens is 308 g/mol. The average molecular weight is 324 g/mol. The lowest BCUT2D eigenvalue weighted by Gasteiger charge is -2.34. The van der Waals surface area contributed by atoms with Crippen molar-refractivity contribution in [2.75, 3.05) is 26.3 Å². The van der Waals surface area contributed by atoms with Crippen molar-refractivity contribution in [3.8, 4) is 0 Å². The number of thiocarbonyl (C=S) groups is 1. The van der Waals surface area contributed by atoms with Gasteiger partial charge in [0.05, 0.1) is 30.0 Å². The minimum Gasteiger partial charge on any atom is -0.471 e. The Morgan fingerprint density at radius 2 is 2.33 bits per heavy atom. The van der Waals surface area contributed by atoms with E-state index in [1.54, 1.807) is 4.57 Å². The summed E-state index contributed by atoms with van der Waals surface area (Å²) in [6, 6.07) is 7.75. The summed E-state index contributed by atoms with van der Waals surface area (Å²) in [6.07, 6.45) is -0.333. The molecule has 0 N–H and O–H groups in total. The average Bonchev–Trinajstić information content (AvgIpc) is 2.83. The number of para-hydroxylation sites is 1. The van der Waals surface area contributed by atoms with Gasteiger partial charge in [-0.2, -0.15) is 0 Å². The Morgan fingerprint density at radius 1 is 1.52 bits per heavy atom. The van der Waals surface area contributed by atoms with Gasteiger partial charge in [-0.25, -0.2) is 0 Å². The molecule has 1 atom stereocenters. The van der Waals surface area contributed by atoms with Gasteiger partial charge in [0.1, 0.15) is 0 Å². The van der Waals surface area contributed by atoms with E-state index < -0.39 is 0 Å². The van der Waals surface area contributed by atoms with Crippen LogP contribution in [0.2, 0.25) is 0 Å². The van der Waals surface area contributed by atoms with Crippen molar-refractivity contribution in [3.63, 3.8) is 0 Å². The SMILES string of the molecule is CCOC(=S)N1CCOC(n2c(=O)sc3ccccc32)C1. The number of ether oxygens (including phenoxy) is 2. The molecule has 112 valence electrons. The normalized spacial score (nSPS) is 18.9. The largest absolute Gasteiger partial charge is 0.471 e. The van der Waals surface area contributed by atoms with E-state index in [9.17, 15) is 4.79 Å². The topological polar surface area (TPSA) is 43.7 Å². The Kier molecular flexibility index (Phi) is 4.23. The van der Waals surface area contributed by atoms with Crippen LogP contribution in [0, 0.1) is 0 Å². The molecule has 5 nitrogen and oxygen atoms in total. The van der Waals surface area contributed by atoms with Gasteiger partial charge < -0.3 is 14.4 Å². The second-order valence-electron chi connectivity index (χ2n) is 4.68. The van der Waals surface area contributed by atoms with Crippen molar-refractivity contribution < 1.29 is 9.47 Å². The highest BCUT2D eigenvalue weighted by atomic mass is 32.1. The number of rotatable bonds is 2. The van der Waals surface area contributed by atoms with Crippen LogP contribution in [0.1, 0.15) is 13.2 Å². The first-order chi connectivity index (χ1) is 10.2. The molecule has 1 fully saturated rings. The summed E-state index contributed by atoms with van der Waals surface area (Å²) >= 11 is 6.48. The summed E-state index contributed by atoms with van der Waals surface area (Å²) < 4.78 is 13.8. The molecular formula is C14H16N2O3S2. The number of nitrogens with zero attached hydrogens (tertiary/aromatic N) is 2. The van der Waals surface area contributed by atoms with Crippen LogP contribution < -0.4 is 4.87 Å². The van der Waals surface area contributed by atoms with Gasteiger partial charge in [-0.15, -0.1) is 0 Å². The highest BCUT2D eigenvalue weighted by Crippen LogP contribution is 2.23. The molecule has 7 heteroatoms. The van der Waals surface area contributed by atoms with Crippen LogP contribution >= 0.6 is 23.6 Å². The van der Waals surface area contributed by atoms with Gasteiger partial charge in [-0.3, -0.25) is 9.36 Å². The fraction of sp³-hybridized carbons (Fsp3) is 0.429. The van der Waals surface area contributed by atoms with E-state index >= 15 is 0 Å². The molecule has 0 bridgehead atoms. The molecule has 21 heavy (non-hydrogen) atoms. The van der Waals surface area contributed by atoms with Gasteiger partial charge in [0.15, 0.2) is 6.23 Å². The Balaban J connectivity index is 1.90. The molecule has 2 heterocycles. The van der Waals surface area contributed by atoms with Crippen LogP contribution in [-0.2, 0) is 9.47 Å². The molecule has 3 rings (SSSR count). The number of fused-ring (bicyclic) bond motifs is 1. The molecule has 1 unspecified atom stereocenters. The van der Waals surface area contributed by atoms with Crippen LogP contribution in [0.5, 0.6) is 0 Å². The van der Waals surface area contributed by atoms with Gasteiger partial charge in [0, 0.05) is 6.54 Å². The maximum absolute atomic E-state index is 12.3. The Bertz CT molecular complexity index is 710. The summed E-state index contributed by atoms with van der Waals surface area (Å²) in [6.45, 7) is 4.18. The highest BCUT2D eigenvalue weighted by Gasteiger charge is 2.26. The standard InChI is InChI=1S/C14H16N2O3S2/c1-2-18-14(20)15-7-8-19-12(9-15)16-10-5-3-4-6-11(10)21-13(16)17/h3-6,12H,2,7-9H2,1H3. The predicted molar refractivity (Wildman–Crippen MR) is 86.9 cm³/mol. The molecule has 1 aromatic heterocycles. The molecule has 1 aliphatic heterocycles. The third-order valence-corrected chi connectivity index (χ3v) is 4.69. The number of aromatic nitrogens is 1. The van der Waals surface area contributed by atoms with Crippen molar-refractivity contribution >= 4 is 38.9 Å². The summed E-state index contributed by atoms with van der Waals surface area (Å²) in [5.74, 6) is 0. The lowest BCUT2D eigenvalue weighted by Crippen LogP contribution is -2.45.